The van der Waals surface area contributed by atoms with Gasteiger partial charge < -0.3 is 20.5 Å². The van der Waals surface area contributed by atoms with E-state index in [2.05, 4.69) is 16.2 Å². The predicted octanol–water partition coefficient (Wildman–Crippen LogP) is 1.72. The molecule has 1 saturated heterocycles. The Morgan fingerprint density at radius 3 is 2.89 bits per heavy atom. The first-order valence-corrected chi connectivity index (χ1v) is 7.11. The lowest BCUT2D eigenvalue weighted by molar-refractivity contribution is 0.103. The maximum absolute atomic E-state index is 9.96. The molecular weight excluding hydrogens is 250 g/mol. The van der Waals surface area contributed by atoms with Crippen LogP contribution in [0.3, 0.4) is 0 Å². The minimum Gasteiger partial charge on any atom is -0.484 e. The van der Waals surface area contributed by atoms with Crippen LogP contribution in [0.4, 0.5) is 10.8 Å². The highest BCUT2D eigenvalue weighted by Gasteiger charge is 2.28. The van der Waals surface area contributed by atoms with Crippen LogP contribution in [-0.4, -0.2) is 34.8 Å². The van der Waals surface area contributed by atoms with Crippen LogP contribution in [0.1, 0.15) is 27.2 Å². The summed E-state index contributed by atoms with van der Waals surface area (Å²) in [6, 6.07) is 0. The highest BCUT2D eigenvalue weighted by molar-refractivity contribution is 7.11. The summed E-state index contributed by atoms with van der Waals surface area (Å²) in [5.41, 5.74) is 5.84. The highest BCUT2D eigenvalue weighted by Crippen LogP contribution is 2.40. The Kier molecular flexibility index (Phi) is 3.97. The third kappa shape index (κ3) is 2.70. The standard InChI is InChI=1S/C12H21N3O2S/c1-7(2)17-10-11(13)14-18-12(10)15-5-4-8(3)9(16)6-15/h7-9,16H,4-6H2,1-3H3,(H2,13,14). The SMILES string of the molecule is CC(C)Oc1c(N)nsc1N1CCC(C)C(O)C1. The predicted molar refractivity (Wildman–Crippen MR) is 74.3 cm³/mol. The molecular formula is C12H21N3O2S. The van der Waals surface area contributed by atoms with Gasteiger partial charge in [0, 0.05) is 13.1 Å². The number of aliphatic hydroxyl groups excluding tert-OH is 1. The van der Waals surface area contributed by atoms with E-state index < -0.39 is 0 Å². The minimum atomic E-state index is -0.297. The maximum Gasteiger partial charge on any atom is 0.198 e. The van der Waals surface area contributed by atoms with Gasteiger partial charge in [0.05, 0.1) is 12.2 Å². The van der Waals surface area contributed by atoms with E-state index in [-0.39, 0.29) is 12.2 Å². The lowest BCUT2D eigenvalue weighted by Gasteiger charge is -2.35. The number of aromatic nitrogens is 1. The third-order valence-corrected chi connectivity index (χ3v) is 4.12. The van der Waals surface area contributed by atoms with Crippen molar-refractivity contribution in [1.29, 1.82) is 0 Å². The van der Waals surface area contributed by atoms with E-state index in [4.69, 9.17) is 10.5 Å². The Bertz CT molecular complexity index is 408. The molecule has 1 aliphatic heterocycles. The fourth-order valence-corrected chi connectivity index (χ4v) is 2.85. The third-order valence-electron chi connectivity index (χ3n) is 3.22. The van der Waals surface area contributed by atoms with E-state index in [1.54, 1.807) is 0 Å². The van der Waals surface area contributed by atoms with E-state index in [0.717, 1.165) is 18.0 Å². The summed E-state index contributed by atoms with van der Waals surface area (Å²) in [6.45, 7) is 7.54. The van der Waals surface area contributed by atoms with Gasteiger partial charge in [-0.25, -0.2) is 0 Å². The van der Waals surface area contributed by atoms with Crippen LogP contribution in [0.2, 0.25) is 0 Å². The molecule has 2 rings (SSSR count). The van der Waals surface area contributed by atoms with Gasteiger partial charge in [-0.1, -0.05) is 6.92 Å². The topological polar surface area (TPSA) is 71.6 Å². The van der Waals surface area contributed by atoms with Crippen molar-refractivity contribution in [2.45, 2.75) is 39.4 Å². The molecule has 1 fully saturated rings. The van der Waals surface area contributed by atoms with E-state index in [1.807, 2.05) is 13.8 Å². The molecule has 2 atom stereocenters. The summed E-state index contributed by atoms with van der Waals surface area (Å²) in [5.74, 6) is 1.45. The number of hydrogen-bond acceptors (Lipinski definition) is 6. The molecule has 0 aliphatic carbocycles. The Hall–Kier alpha value is -1.01. The second kappa shape index (κ2) is 5.32. The number of ether oxygens (including phenoxy) is 1. The second-order valence-electron chi connectivity index (χ2n) is 5.15. The zero-order chi connectivity index (χ0) is 13.3. The van der Waals surface area contributed by atoms with Crippen molar-refractivity contribution in [3.63, 3.8) is 0 Å². The summed E-state index contributed by atoms with van der Waals surface area (Å²) in [4.78, 5) is 2.12. The average molecular weight is 271 g/mol. The Balaban J connectivity index is 2.18. The van der Waals surface area contributed by atoms with E-state index in [0.29, 0.717) is 24.0 Å². The number of rotatable bonds is 3. The molecule has 0 bridgehead atoms. The molecule has 0 saturated carbocycles. The number of hydrogen-bond donors (Lipinski definition) is 2. The number of nitrogens with zero attached hydrogens (tertiary/aromatic N) is 2. The largest absolute Gasteiger partial charge is 0.484 e. The first-order valence-electron chi connectivity index (χ1n) is 6.33. The summed E-state index contributed by atoms with van der Waals surface area (Å²) in [6.07, 6.45) is 0.741. The van der Waals surface area contributed by atoms with Gasteiger partial charge in [-0.05, 0) is 37.7 Å². The van der Waals surface area contributed by atoms with Crippen molar-refractivity contribution >= 4 is 22.4 Å². The number of nitrogen functional groups attached to an aromatic ring is 1. The summed E-state index contributed by atoms with van der Waals surface area (Å²) in [7, 11) is 0. The molecule has 0 radical (unpaired) electrons. The summed E-state index contributed by atoms with van der Waals surface area (Å²) < 4.78 is 9.89. The molecule has 2 heterocycles. The van der Waals surface area contributed by atoms with Gasteiger partial charge in [0.15, 0.2) is 16.6 Å². The number of piperidine rings is 1. The first kappa shape index (κ1) is 13.4. The van der Waals surface area contributed by atoms with Gasteiger partial charge in [-0.3, -0.25) is 0 Å². The quantitative estimate of drug-likeness (QED) is 0.876. The van der Waals surface area contributed by atoms with Crippen LogP contribution >= 0.6 is 11.5 Å². The summed E-state index contributed by atoms with van der Waals surface area (Å²) in [5, 5.41) is 10.9. The zero-order valence-corrected chi connectivity index (χ0v) is 11.9. The van der Waals surface area contributed by atoms with Gasteiger partial charge >= 0.3 is 0 Å². The van der Waals surface area contributed by atoms with Crippen molar-refractivity contribution in [1.82, 2.24) is 4.37 Å². The molecule has 18 heavy (non-hydrogen) atoms. The van der Waals surface area contributed by atoms with E-state index in [1.165, 1.54) is 11.5 Å². The van der Waals surface area contributed by atoms with Crippen LogP contribution in [0.15, 0.2) is 0 Å². The fraction of sp³-hybridized carbons (Fsp3) is 0.750. The molecule has 1 aromatic rings. The van der Waals surface area contributed by atoms with Gasteiger partial charge in [0.2, 0.25) is 0 Å². The Labute approximate surface area is 112 Å². The average Bonchev–Trinajstić information content (AvgIpc) is 2.64. The van der Waals surface area contributed by atoms with Crippen LogP contribution in [-0.2, 0) is 0 Å². The van der Waals surface area contributed by atoms with Crippen molar-refractivity contribution in [2.75, 3.05) is 23.7 Å². The minimum absolute atomic E-state index is 0.0658. The molecule has 0 aromatic carbocycles. The molecule has 5 nitrogen and oxygen atoms in total. The summed E-state index contributed by atoms with van der Waals surface area (Å²) >= 11 is 1.34. The molecule has 102 valence electrons. The van der Waals surface area contributed by atoms with Crippen molar-refractivity contribution in [3.05, 3.63) is 0 Å². The number of aliphatic hydroxyl groups is 1. The highest BCUT2D eigenvalue weighted by atomic mass is 32.1. The van der Waals surface area contributed by atoms with Crippen molar-refractivity contribution in [2.24, 2.45) is 5.92 Å². The molecule has 0 amide bonds. The first-order chi connectivity index (χ1) is 8.49. The number of anilines is 2. The normalized spacial score (nSPS) is 24.6. The van der Waals surface area contributed by atoms with Crippen LogP contribution in [0.25, 0.3) is 0 Å². The Morgan fingerprint density at radius 2 is 2.28 bits per heavy atom. The lowest BCUT2D eigenvalue weighted by atomic mass is 9.96. The fourth-order valence-electron chi connectivity index (χ4n) is 2.07. The zero-order valence-electron chi connectivity index (χ0n) is 11.1. The van der Waals surface area contributed by atoms with Gasteiger partial charge in [-0.2, -0.15) is 4.37 Å². The molecule has 1 aromatic heterocycles. The monoisotopic (exact) mass is 271 g/mol. The van der Waals surface area contributed by atoms with Crippen molar-refractivity contribution < 1.29 is 9.84 Å². The number of β-amino-alcohol motifs (C(OH)–C–C–N with tert-alkyl or cyclic N) is 1. The molecule has 6 heteroatoms. The second-order valence-corrected chi connectivity index (χ2v) is 5.90. The van der Waals surface area contributed by atoms with E-state index in [9.17, 15) is 5.11 Å². The van der Waals surface area contributed by atoms with Crippen LogP contribution < -0.4 is 15.4 Å². The van der Waals surface area contributed by atoms with Gasteiger partial charge in [0.25, 0.3) is 0 Å². The molecule has 0 spiro atoms. The lowest BCUT2D eigenvalue weighted by Crippen LogP contribution is -2.42. The van der Waals surface area contributed by atoms with Crippen LogP contribution in [0, 0.1) is 5.92 Å². The van der Waals surface area contributed by atoms with Gasteiger partial charge in [0.1, 0.15) is 0 Å². The molecule has 2 unspecified atom stereocenters. The van der Waals surface area contributed by atoms with Gasteiger partial charge in [-0.15, -0.1) is 0 Å². The van der Waals surface area contributed by atoms with E-state index >= 15 is 0 Å². The number of nitrogens with two attached hydrogens (primary N) is 1. The maximum atomic E-state index is 9.96. The molecule has 1 aliphatic rings. The van der Waals surface area contributed by atoms with Crippen molar-refractivity contribution in [3.8, 4) is 5.75 Å². The smallest absolute Gasteiger partial charge is 0.198 e. The van der Waals surface area contributed by atoms with Crippen LogP contribution in [0.5, 0.6) is 5.75 Å². The Morgan fingerprint density at radius 1 is 1.56 bits per heavy atom. The molecule has 3 N–H and O–H groups in total.